The lowest BCUT2D eigenvalue weighted by atomic mass is 9.82. The summed E-state index contributed by atoms with van der Waals surface area (Å²) in [6, 6.07) is 18.1. The Bertz CT molecular complexity index is 776. The zero-order chi connectivity index (χ0) is 19.1. The van der Waals surface area contributed by atoms with Gasteiger partial charge in [0.15, 0.2) is 0 Å². The Morgan fingerprint density at radius 1 is 1.00 bits per heavy atom. The van der Waals surface area contributed by atoms with E-state index in [1.165, 1.54) is 59.9 Å². The lowest BCUT2D eigenvalue weighted by Gasteiger charge is -2.23. The minimum Gasteiger partial charge on any atom is -0.0999 e. The predicted molar refractivity (Wildman–Crippen MR) is 120 cm³/mol. The fraction of sp³-hybridized carbons (Fsp3) is 0.407. The number of benzene rings is 2. The van der Waals surface area contributed by atoms with Gasteiger partial charge in [0.25, 0.3) is 0 Å². The van der Waals surface area contributed by atoms with E-state index in [-0.39, 0.29) is 0 Å². The van der Waals surface area contributed by atoms with Crippen molar-refractivity contribution < 1.29 is 0 Å². The van der Waals surface area contributed by atoms with Crippen LogP contribution in [0.25, 0.3) is 16.7 Å². The van der Waals surface area contributed by atoms with Gasteiger partial charge in [0.1, 0.15) is 0 Å². The monoisotopic (exact) mass is 358 g/mol. The molecule has 1 aliphatic rings. The summed E-state index contributed by atoms with van der Waals surface area (Å²) in [6.07, 6.45) is 12.3. The molecule has 0 heteroatoms. The van der Waals surface area contributed by atoms with E-state index >= 15 is 0 Å². The second-order valence-electron chi connectivity index (χ2n) is 8.00. The normalized spacial score (nSPS) is 16.8. The molecule has 0 spiro atoms. The Kier molecular flexibility index (Phi) is 7.10. The Morgan fingerprint density at radius 2 is 1.74 bits per heavy atom. The molecule has 0 saturated carbocycles. The van der Waals surface area contributed by atoms with Gasteiger partial charge < -0.3 is 0 Å². The molecular weight excluding hydrogens is 324 g/mol. The second-order valence-corrected chi connectivity index (χ2v) is 8.00. The minimum absolute atomic E-state index is 0.892. The Labute approximate surface area is 166 Å². The van der Waals surface area contributed by atoms with Crippen molar-refractivity contribution in [1.29, 1.82) is 0 Å². The van der Waals surface area contributed by atoms with Crippen LogP contribution in [0, 0.1) is 5.92 Å². The van der Waals surface area contributed by atoms with Gasteiger partial charge in [-0.3, -0.25) is 0 Å². The first kappa shape index (κ1) is 19.7. The summed E-state index contributed by atoms with van der Waals surface area (Å²) in [5.41, 5.74) is 8.43. The molecular formula is C27H34. The molecule has 142 valence electrons. The van der Waals surface area contributed by atoms with Crippen molar-refractivity contribution in [3.05, 3.63) is 77.9 Å². The third-order valence-electron chi connectivity index (χ3n) is 6.02. The third kappa shape index (κ3) is 5.22. The Hall–Kier alpha value is -2.08. The fourth-order valence-corrected chi connectivity index (χ4v) is 4.17. The maximum Gasteiger partial charge on any atom is -0.0109 e. The van der Waals surface area contributed by atoms with E-state index in [2.05, 4.69) is 75.0 Å². The Morgan fingerprint density at radius 3 is 2.37 bits per heavy atom. The molecule has 0 fully saturated rings. The smallest absolute Gasteiger partial charge is 0.0109 e. The summed E-state index contributed by atoms with van der Waals surface area (Å²) in [4.78, 5) is 0. The van der Waals surface area contributed by atoms with Gasteiger partial charge in [0.2, 0.25) is 0 Å². The van der Waals surface area contributed by atoms with Crippen molar-refractivity contribution in [3.63, 3.8) is 0 Å². The number of aryl methyl sites for hydroxylation is 1. The summed E-state index contributed by atoms with van der Waals surface area (Å²) in [7, 11) is 0. The molecule has 0 aliphatic heterocycles. The van der Waals surface area contributed by atoms with Crippen molar-refractivity contribution in [2.75, 3.05) is 0 Å². The SMILES string of the molecule is C=C(CC)CCc1ccc(-c2ccccc2C2=CCC(CCC)CC2)cc1. The van der Waals surface area contributed by atoms with Gasteiger partial charge in [-0.25, -0.2) is 0 Å². The van der Waals surface area contributed by atoms with Crippen LogP contribution in [0.4, 0.5) is 0 Å². The molecule has 0 radical (unpaired) electrons. The van der Waals surface area contributed by atoms with E-state index < -0.39 is 0 Å². The number of allylic oxidation sites excluding steroid dienone is 3. The molecule has 0 amide bonds. The maximum atomic E-state index is 4.13. The average Bonchev–Trinajstić information content (AvgIpc) is 2.73. The first-order valence-corrected chi connectivity index (χ1v) is 10.8. The molecule has 2 aromatic rings. The van der Waals surface area contributed by atoms with Crippen molar-refractivity contribution in [2.45, 2.75) is 65.2 Å². The molecule has 0 N–H and O–H groups in total. The zero-order valence-corrected chi connectivity index (χ0v) is 17.1. The number of hydrogen-bond acceptors (Lipinski definition) is 0. The second kappa shape index (κ2) is 9.74. The predicted octanol–water partition coefficient (Wildman–Crippen LogP) is 8.24. The molecule has 27 heavy (non-hydrogen) atoms. The van der Waals surface area contributed by atoms with Crippen LogP contribution in [-0.2, 0) is 6.42 Å². The lowest BCUT2D eigenvalue weighted by molar-refractivity contribution is 0.445. The summed E-state index contributed by atoms with van der Waals surface area (Å²) in [6.45, 7) is 8.62. The number of hydrogen-bond donors (Lipinski definition) is 0. The molecule has 1 unspecified atom stereocenters. The van der Waals surface area contributed by atoms with E-state index in [1.54, 1.807) is 5.57 Å². The van der Waals surface area contributed by atoms with Crippen LogP contribution in [0.15, 0.2) is 66.8 Å². The van der Waals surface area contributed by atoms with E-state index in [0.717, 1.165) is 25.2 Å². The Balaban J connectivity index is 1.77. The van der Waals surface area contributed by atoms with Gasteiger partial charge in [0.05, 0.1) is 0 Å². The van der Waals surface area contributed by atoms with E-state index in [4.69, 9.17) is 0 Å². The van der Waals surface area contributed by atoms with Crippen LogP contribution < -0.4 is 0 Å². The van der Waals surface area contributed by atoms with Crippen LogP contribution >= 0.6 is 0 Å². The molecule has 1 aliphatic carbocycles. The van der Waals surface area contributed by atoms with Crippen LogP contribution in [0.1, 0.15) is 69.9 Å². The highest BCUT2D eigenvalue weighted by atomic mass is 14.2. The molecule has 1 atom stereocenters. The van der Waals surface area contributed by atoms with Crippen LogP contribution in [-0.4, -0.2) is 0 Å². The first-order chi connectivity index (χ1) is 13.2. The fourth-order valence-electron chi connectivity index (χ4n) is 4.17. The topological polar surface area (TPSA) is 0 Å². The molecule has 2 aromatic carbocycles. The van der Waals surface area contributed by atoms with Crippen molar-refractivity contribution in [2.24, 2.45) is 5.92 Å². The summed E-state index contributed by atoms with van der Waals surface area (Å²) < 4.78 is 0. The largest absolute Gasteiger partial charge is 0.0999 e. The maximum absolute atomic E-state index is 4.13. The van der Waals surface area contributed by atoms with Gasteiger partial charge in [-0.15, -0.1) is 0 Å². The summed E-state index contributed by atoms with van der Waals surface area (Å²) in [5, 5.41) is 0. The van der Waals surface area contributed by atoms with Gasteiger partial charge >= 0.3 is 0 Å². The molecule has 0 bridgehead atoms. The molecule has 3 rings (SSSR count). The van der Waals surface area contributed by atoms with Crippen molar-refractivity contribution in [1.82, 2.24) is 0 Å². The highest BCUT2D eigenvalue weighted by molar-refractivity contribution is 5.81. The first-order valence-electron chi connectivity index (χ1n) is 10.8. The molecule has 0 nitrogen and oxygen atoms in total. The molecule has 0 saturated heterocycles. The van der Waals surface area contributed by atoms with Gasteiger partial charge in [-0.1, -0.05) is 93.4 Å². The van der Waals surface area contributed by atoms with Crippen LogP contribution in [0.5, 0.6) is 0 Å². The van der Waals surface area contributed by atoms with E-state index in [0.29, 0.717) is 0 Å². The van der Waals surface area contributed by atoms with Gasteiger partial charge in [-0.2, -0.15) is 0 Å². The van der Waals surface area contributed by atoms with E-state index in [9.17, 15) is 0 Å². The highest BCUT2D eigenvalue weighted by Crippen LogP contribution is 2.37. The number of rotatable bonds is 8. The standard InChI is InChI=1S/C27H34/c1-4-8-22-13-17-24(18-14-22)26-9-6-7-10-27(26)25-19-15-23(16-20-25)12-11-21(3)5-2/h6-7,9-10,15-17,19-20,22H,3-5,8,11-14,18H2,1-2H3. The van der Waals surface area contributed by atoms with Crippen LogP contribution in [0.3, 0.4) is 0 Å². The summed E-state index contributed by atoms with van der Waals surface area (Å²) >= 11 is 0. The van der Waals surface area contributed by atoms with Crippen LogP contribution in [0.2, 0.25) is 0 Å². The van der Waals surface area contributed by atoms with Crippen molar-refractivity contribution >= 4 is 5.57 Å². The zero-order valence-electron chi connectivity index (χ0n) is 17.1. The van der Waals surface area contributed by atoms with E-state index in [1.807, 2.05) is 0 Å². The van der Waals surface area contributed by atoms with Gasteiger partial charge in [-0.05, 0) is 72.3 Å². The lowest BCUT2D eigenvalue weighted by Crippen LogP contribution is -2.05. The minimum atomic E-state index is 0.892. The average molecular weight is 359 g/mol. The third-order valence-corrected chi connectivity index (χ3v) is 6.02. The quantitative estimate of drug-likeness (QED) is 0.417. The highest BCUT2D eigenvalue weighted by Gasteiger charge is 2.17. The molecule has 0 heterocycles. The van der Waals surface area contributed by atoms with Crippen molar-refractivity contribution in [3.8, 4) is 11.1 Å². The summed E-state index contributed by atoms with van der Waals surface area (Å²) in [5.74, 6) is 0.892. The molecule has 0 aromatic heterocycles. The van der Waals surface area contributed by atoms with Gasteiger partial charge in [0, 0.05) is 0 Å².